The van der Waals surface area contributed by atoms with Gasteiger partial charge < -0.3 is 14.8 Å². The van der Waals surface area contributed by atoms with Gasteiger partial charge in [-0.3, -0.25) is 15.0 Å². The van der Waals surface area contributed by atoms with Crippen molar-refractivity contribution in [3.05, 3.63) is 23.8 Å². The average molecular weight is 377 g/mol. The van der Waals surface area contributed by atoms with Crippen molar-refractivity contribution in [2.45, 2.75) is 51.1 Å². The molecule has 0 saturated heterocycles. The number of amides is 3. The van der Waals surface area contributed by atoms with E-state index in [0.717, 1.165) is 37.7 Å². The molecule has 0 aromatic heterocycles. The van der Waals surface area contributed by atoms with Crippen LogP contribution in [-0.4, -0.2) is 56.7 Å². The maximum Gasteiger partial charge on any atom is 0.321 e. The van der Waals surface area contributed by atoms with Crippen LogP contribution in [0.5, 0.6) is 11.5 Å². The third kappa shape index (κ3) is 6.13. The average Bonchev–Trinajstić information content (AvgIpc) is 3.17. The molecule has 1 aromatic rings. The van der Waals surface area contributed by atoms with Gasteiger partial charge in [-0.25, -0.2) is 4.79 Å². The minimum atomic E-state index is -0.403. The molecular weight excluding hydrogens is 346 g/mol. The van der Waals surface area contributed by atoms with E-state index in [1.165, 1.54) is 0 Å². The van der Waals surface area contributed by atoms with Crippen molar-refractivity contribution in [3.63, 3.8) is 0 Å². The highest BCUT2D eigenvalue weighted by atomic mass is 16.5. The lowest BCUT2D eigenvalue weighted by Crippen LogP contribution is -2.50. The number of likely N-dealkylation sites (N-methyl/N-ethyl adjacent to an activating group) is 1. The van der Waals surface area contributed by atoms with Gasteiger partial charge in [0.15, 0.2) is 11.5 Å². The van der Waals surface area contributed by atoms with Crippen molar-refractivity contribution < 1.29 is 19.1 Å². The largest absolute Gasteiger partial charge is 0.493 e. The second-order valence-corrected chi connectivity index (χ2v) is 7.04. The lowest BCUT2D eigenvalue weighted by Gasteiger charge is -2.24. The van der Waals surface area contributed by atoms with Crippen LogP contribution in [0.4, 0.5) is 4.79 Å². The number of benzene rings is 1. The van der Waals surface area contributed by atoms with Gasteiger partial charge in [0.05, 0.1) is 20.3 Å². The predicted molar refractivity (Wildman–Crippen MR) is 104 cm³/mol. The van der Waals surface area contributed by atoms with E-state index < -0.39 is 12.1 Å². The van der Waals surface area contributed by atoms with E-state index in [9.17, 15) is 9.59 Å². The first-order chi connectivity index (χ1) is 12.9. The zero-order valence-corrected chi connectivity index (χ0v) is 16.7. The van der Waals surface area contributed by atoms with Crippen LogP contribution in [0.3, 0.4) is 0 Å². The summed E-state index contributed by atoms with van der Waals surface area (Å²) >= 11 is 0. The van der Waals surface area contributed by atoms with Gasteiger partial charge in [-0.2, -0.15) is 0 Å². The first-order valence-electron chi connectivity index (χ1n) is 9.47. The summed E-state index contributed by atoms with van der Waals surface area (Å²) in [4.78, 5) is 26.2. The van der Waals surface area contributed by atoms with Gasteiger partial charge >= 0.3 is 6.03 Å². The summed E-state index contributed by atoms with van der Waals surface area (Å²) in [5.41, 5.74) is 1.09. The van der Waals surface area contributed by atoms with E-state index in [1.54, 1.807) is 21.1 Å². The summed E-state index contributed by atoms with van der Waals surface area (Å²) in [6.45, 7) is 2.47. The molecule has 1 aromatic carbocycles. The molecule has 150 valence electrons. The molecule has 0 spiro atoms. The summed E-state index contributed by atoms with van der Waals surface area (Å²) in [7, 11) is 5.09. The molecule has 1 atom stereocenters. The maximum atomic E-state index is 12.3. The van der Waals surface area contributed by atoms with Crippen LogP contribution >= 0.6 is 0 Å². The number of ether oxygens (including phenoxy) is 2. The Morgan fingerprint density at radius 1 is 1.19 bits per heavy atom. The van der Waals surface area contributed by atoms with E-state index in [4.69, 9.17) is 9.47 Å². The molecule has 1 aliphatic rings. The molecule has 3 amide bonds. The van der Waals surface area contributed by atoms with E-state index in [2.05, 4.69) is 10.6 Å². The van der Waals surface area contributed by atoms with Crippen LogP contribution in [0.15, 0.2) is 18.2 Å². The highest BCUT2D eigenvalue weighted by molar-refractivity contribution is 5.96. The number of nitrogens with one attached hydrogen (secondary N) is 2. The number of methoxy groups -OCH3 is 2. The smallest absolute Gasteiger partial charge is 0.321 e. The second-order valence-electron chi connectivity index (χ2n) is 7.04. The molecule has 2 N–H and O–H groups in total. The maximum absolute atomic E-state index is 12.3. The Balaban J connectivity index is 1.80. The van der Waals surface area contributed by atoms with Crippen LogP contribution in [0.25, 0.3) is 0 Å². The Bertz CT molecular complexity index is 644. The zero-order chi connectivity index (χ0) is 19.8. The van der Waals surface area contributed by atoms with E-state index in [-0.39, 0.29) is 11.9 Å². The van der Waals surface area contributed by atoms with Crippen LogP contribution in [0, 0.1) is 0 Å². The lowest BCUT2D eigenvalue weighted by molar-refractivity contribution is -0.124. The first kappa shape index (κ1) is 21.0. The van der Waals surface area contributed by atoms with Crippen molar-refractivity contribution in [1.82, 2.24) is 15.5 Å². The van der Waals surface area contributed by atoms with Gasteiger partial charge in [0.1, 0.15) is 0 Å². The molecule has 0 radical (unpaired) electrons. The molecular formula is C20H31N3O4. The SMILES string of the molecule is COc1ccc(CCN(C)[C@@H](C)C(=O)NC(=O)NC2CCCC2)cc1OC. The number of rotatable bonds is 8. The number of imide groups is 1. The highest BCUT2D eigenvalue weighted by Crippen LogP contribution is 2.27. The number of carbonyl (C=O) groups excluding carboxylic acids is 2. The minimum absolute atomic E-state index is 0.191. The van der Waals surface area contributed by atoms with E-state index in [1.807, 2.05) is 30.1 Å². The monoisotopic (exact) mass is 377 g/mol. The summed E-state index contributed by atoms with van der Waals surface area (Å²) < 4.78 is 10.6. The predicted octanol–water partition coefficient (Wildman–Crippen LogP) is 2.33. The van der Waals surface area contributed by atoms with Gasteiger partial charge in [0.25, 0.3) is 0 Å². The number of urea groups is 1. The minimum Gasteiger partial charge on any atom is -0.493 e. The first-order valence-corrected chi connectivity index (χ1v) is 9.47. The van der Waals surface area contributed by atoms with E-state index in [0.29, 0.717) is 18.0 Å². The topological polar surface area (TPSA) is 79.9 Å². The lowest BCUT2D eigenvalue weighted by atomic mass is 10.1. The number of nitrogens with zero attached hydrogens (tertiary/aromatic N) is 1. The molecule has 27 heavy (non-hydrogen) atoms. The summed E-state index contributed by atoms with van der Waals surface area (Å²) in [6.07, 6.45) is 5.00. The van der Waals surface area contributed by atoms with Crippen molar-refractivity contribution in [2.24, 2.45) is 0 Å². The van der Waals surface area contributed by atoms with Crippen molar-refractivity contribution in [2.75, 3.05) is 27.8 Å². The molecule has 0 bridgehead atoms. The number of hydrogen-bond acceptors (Lipinski definition) is 5. The van der Waals surface area contributed by atoms with Crippen molar-refractivity contribution in [1.29, 1.82) is 0 Å². The Hall–Kier alpha value is -2.28. The summed E-state index contributed by atoms with van der Waals surface area (Å²) in [5.74, 6) is 1.09. The van der Waals surface area contributed by atoms with Crippen LogP contribution in [0.2, 0.25) is 0 Å². The third-order valence-corrected chi connectivity index (χ3v) is 5.17. The fourth-order valence-electron chi connectivity index (χ4n) is 3.24. The number of hydrogen-bond donors (Lipinski definition) is 2. The molecule has 1 aliphatic carbocycles. The van der Waals surface area contributed by atoms with Gasteiger partial charge in [0.2, 0.25) is 5.91 Å². The summed E-state index contributed by atoms with van der Waals surface area (Å²) in [5, 5.41) is 5.32. The third-order valence-electron chi connectivity index (χ3n) is 5.17. The molecule has 0 aliphatic heterocycles. The van der Waals surface area contributed by atoms with Gasteiger partial charge in [-0.05, 0) is 50.9 Å². The Morgan fingerprint density at radius 2 is 1.85 bits per heavy atom. The highest BCUT2D eigenvalue weighted by Gasteiger charge is 2.22. The van der Waals surface area contributed by atoms with Crippen LogP contribution < -0.4 is 20.1 Å². The van der Waals surface area contributed by atoms with Crippen molar-refractivity contribution in [3.8, 4) is 11.5 Å². The van der Waals surface area contributed by atoms with Gasteiger partial charge in [0, 0.05) is 12.6 Å². The second kappa shape index (κ2) is 10.2. The Kier molecular flexibility index (Phi) is 7.91. The summed E-state index contributed by atoms with van der Waals surface area (Å²) in [6, 6.07) is 5.18. The molecule has 1 saturated carbocycles. The zero-order valence-electron chi connectivity index (χ0n) is 16.7. The normalized spacial score (nSPS) is 15.4. The molecule has 0 unspecified atom stereocenters. The fourth-order valence-corrected chi connectivity index (χ4v) is 3.24. The molecule has 0 heterocycles. The van der Waals surface area contributed by atoms with Crippen LogP contribution in [0.1, 0.15) is 38.2 Å². The fraction of sp³-hybridized carbons (Fsp3) is 0.600. The quantitative estimate of drug-likeness (QED) is 0.727. The standard InChI is InChI=1S/C20H31N3O4/c1-14(19(24)22-20(25)21-16-7-5-6-8-16)23(2)12-11-15-9-10-17(26-3)18(13-15)27-4/h9-10,13-14,16H,5-8,11-12H2,1-4H3,(H2,21,22,24,25)/t14-/m0/s1. The van der Waals surface area contributed by atoms with Gasteiger partial charge in [-0.15, -0.1) is 0 Å². The number of carbonyl (C=O) groups is 2. The molecule has 7 heteroatoms. The Morgan fingerprint density at radius 3 is 2.48 bits per heavy atom. The molecule has 7 nitrogen and oxygen atoms in total. The van der Waals surface area contributed by atoms with E-state index >= 15 is 0 Å². The van der Waals surface area contributed by atoms with Crippen molar-refractivity contribution >= 4 is 11.9 Å². The molecule has 1 fully saturated rings. The van der Waals surface area contributed by atoms with Gasteiger partial charge in [-0.1, -0.05) is 18.9 Å². The Labute approximate surface area is 161 Å². The molecule has 2 rings (SSSR count). The van der Waals surface area contributed by atoms with Crippen LogP contribution in [-0.2, 0) is 11.2 Å².